The summed E-state index contributed by atoms with van der Waals surface area (Å²) in [6, 6.07) is 10.2. The predicted molar refractivity (Wildman–Crippen MR) is 95.4 cm³/mol. The van der Waals surface area contributed by atoms with Crippen LogP contribution in [0.3, 0.4) is 0 Å². The monoisotopic (exact) mass is 362 g/mol. The van der Waals surface area contributed by atoms with Crippen molar-refractivity contribution in [3.8, 4) is 0 Å². The third-order valence-corrected chi connectivity index (χ3v) is 4.61. The number of carbonyl (C=O) groups is 1. The Bertz CT molecular complexity index is 781. The topological polar surface area (TPSA) is 72.2 Å². The molecule has 132 valence electrons. The highest BCUT2D eigenvalue weighted by Gasteiger charge is 2.18. The van der Waals surface area contributed by atoms with Gasteiger partial charge >= 0.3 is 0 Å². The van der Waals surface area contributed by atoms with E-state index in [1.807, 2.05) is 13.8 Å². The number of benzene rings is 2. The Morgan fingerprint density at radius 3 is 2.60 bits per heavy atom. The van der Waals surface area contributed by atoms with Crippen molar-refractivity contribution in [1.82, 2.24) is 5.32 Å². The summed E-state index contributed by atoms with van der Waals surface area (Å²) in [5, 5.41) is 13.8. The Kier molecular flexibility index (Phi) is 6.52. The van der Waals surface area contributed by atoms with E-state index in [0.717, 1.165) is 18.2 Å². The maximum atomic E-state index is 13.9. The summed E-state index contributed by atoms with van der Waals surface area (Å²) < 4.78 is 13.9. The van der Waals surface area contributed by atoms with Gasteiger partial charge in [0.1, 0.15) is 5.82 Å². The van der Waals surface area contributed by atoms with Gasteiger partial charge in [-0.15, -0.1) is 0 Å². The third kappa shape index (κ3) is 5.29. The molecule has 0 saturated heterocycles. The largest absolute Gasteiger partial charge is 0.352 e. The lowest BCUT2D eigenvalue weighted by Gasteiger charge is -2.11. The molecule has 0 unspecified atom stereocenters. The number of amides is 1. The molecule has 0 saturated carbocycles. The van der Waals surface area contributed by atoms with E-state index in [9.17, 15) is 19.3 Å². The molecule has 1 amide bonds. The number of nitro benzene ring substituents is 1. The van der Waals surface area contributed by atoms with Crippen molar-refractivity contribution in [2.75, 3.05) is 6.54 Å². The van der Waals surface area contributed by atoms with Gasteiger partial charge in [-0.25, -0.2) is 4.39 Å². The average molecular weight is 362 g/mol. The minimum Gasteiger partial charge on any atom is -0.352 e. The lowest BCUT2D eigenvalue weighted by atomic mass is 10.1. The van der Waals surface area contributed by atoms with Crippen LogP contribution in [0.25, 0.3) is 0 Å². The summed E-state index contributed by atoms with van der Waals surface area (Å²) in [6.07, 6.45) is 0.802. The lowest BCUT2D eigenvalue weighted by Crippen LogP contribution is -2.26. The molecule has 0 atom stereocenters. The van der Waals surface area contributed by atoms with Gasteiger partial charge in [0, 0.05) is 28.5 Å². The maximum Gasteiger partial charge on any atom is 0.270 e. The fourth-order valence-corrected chi connectivity index (χ4v) is 3.06. The van der Waals surface area contributed by atoms with E-state index in [-0.39, 0.29) is 11.3 Å². The standard InChI is InChI=1S/C18H19FN2O3S/c1-12(2)9-10-20-18(22)14-11-13(21(23)24)7-8-16(14)25-17-6-4-3-5-15(17)19/h3-8,11-12H,9-10H2,1-2H3,(H,20,22). The van der Waals surface area contributed by atoms with Crippen molar-refractivity contribution < 1.29 is 14.1 Å². The van der Waals surface area contributed by atoms with Crippen molar-refractivity contribution in [2.45, 2.75) is 30.1 Å². The molecule has 0 fully saturated rings. The van der Waals surface area contributed by atoms with Gasteiger partial charge in [0.05, 0.1) is 10.5 Å². The number of nitro groups is 1. The summed E-state index contributed by atoms with van der Waals surface area (Å²) in [4.78, 5) is 23.7. The molecule has 7 heteroatoms. The highest BCUT2D eigenvalue weighted by Crippen LogP contribution is 2.34. The van der Waals surface area contributed by atoms with E-state index >= 15 is 0 Å². The van der Waals surface area contributed by atoms with E-state index in [2.05, 4.69) is 5.32 Å². The molecule has 0 aliphatic carbocycles. The summed E-state index contributed by atoms with van der Waals surface area (Å²) in [5.41, 5.74) is -0.00176. The SMILES string of the molecule is CC(C)CCNC(=O)c1cc([N+](=O)[O-])ccc1Sc1ccccc1F. The van der Waals surface area contributed by atoms with Gasteiger partial charge in [0.15, 0.2) is 0 Å². The molecule has 0 spiro atoms. The zero-order valence-corrected chi connectivity index (χ0v) is 14.8. The number of hydrogen-bond acceptors (Lipinski definition) is 4. The first kappa shape index (κ1) is 18.9. The van der Waals surface area contributed by atoms with Crippen LogP contribution in [0.1, 0.15) is 30.6 Å². The van der Waals surface area contributed by atoms with Crippen LogP contribution in [-0.2, 0) is 0 Å². The third-order valence-electron chi connectivity index (χ3n) is 3.48. The molecule has 5 nitrogen and oxygen atoms in total. The number of nitrogens with zero attached hydrogens (tertiary/aromatic N) is 1. The zero-order chi connectivity index (χ0) is 18.4. The van der Waals surface area contributed by atoms with E-state index in [0.29, 0.717) is 22.3 Å². The number of nitrogens with one attached hydrogen (secondary N) is 1. The van der Waals surface area contributed by atoms with Crippen molar-refractivity contribution in [3.63, 3.8) is 0 Å². The van der Waals surface area contributed by atoms with Crippen LogP contribution in [0.15, 0.2) is 52.3 Å². The van der Waals surface area contributed by atoms with E-state index in [1.165, 1.54) is 24.3 Å². The molecule has 0 aromatic heterocycles. The molecule has 2 rings (SSSR count). The number of rotatable bonds is 7. The number of hydrogen-bond donors (Lipinski definition) is 1. The molecule has 0 radical (unpaired) electrons. The Morgan fingerprint density at radius 2 is 1.96 bits per heavy atom. The fraction of sp³-hybridized carbons (Fsp3) is 0.278. The number of non-ortho nitro benzene ring substituents is 1. The van der Waals surface area contributed by atoms with Gasteiger partial charge in [-0.1, -0.05) is 37.7 Å². The van der Waals surface area contributed by atoms with Crippen LogP contribution in [0.5, 0.6) is 0 Å². The Hall–Kier alpha value is -2.41. The first-order chi connectivity index (χ1) is 11.9. The minimum absolute atomic E-state index is 0.172. The normalized spacial score (nSPS) is 10.7. The first-order valence-electron chi connectivity index (χ1n) is 7.87. The van der Waals surface area contributed by atoms with Crippen molar-refractivity contribution in [1.29, 1.82) is 0 Å². The van der Waals surface area contributed by atoms with E-state index in [1.54, 1.807) is 18.2 Å². The predicted octanol–water partition coefficient (Wildman–Crippen LogP) is 4.66. The van der Waals surface area contributed by atoms with Gasteiger partial charge in [0.25, 0.3) is 11.6 Å². The highest BCUT2D eigenvalue weighted by atomic mass is 32.2. The second-order valence-corrected chi connectivity index (χ2v) is 6.99. The van der Waals surface area contributed by atoms with Crippen molar-refractivity contribution in [2.24, 2.45) is 5.92 Å². The van der Waals surface area contributed by atoms with Gasteiger partial charge < -0.3 is 5.32 Å². The fourth-order valence-electron chi connectivity index (χ4n) is 2.11. The molecular formula is C18H19FN2O3S. The second-order valence-electron chi connectivity index (χ2n) is 5.91. The van der Waals surface area contributed by atoms with E-state index < -0.39 is 16.6 Å². The Balaban J connectivity index is 2.30. The lowest BCUT2D eigenvalue weighted by molar-refractivity contribution is -0.384. The molecule has 0 bridgehead atoms. The van der Waals surface area contributed by atoms with Gasteiger partial charge in [-0.3, -0.25) is 14.9 Å². The Morgan fingerprint density at radius 1 is 1.24 bits per heavy atom. The summed E-state index contributed by atoms with van der Waals surface area (Å²) in [5.74, 6) is -0.377. The quantitative estimate of drug-likeness (QED) is 0.574. The van der Waals surface area contributed by atoms with Gasteiger partial charge in [0.2, 0.25) is 0 Å². The summed E-state index contributed by atoms with van der Waals surface area (Å²) in [7, 11) is 0. The molecule has 1 N–H and O–H groups in total. The van der Waals surface area contributed by atoms with Crippen molar-refractivity contribution in [3.05, 3.63) is 64.0 Å². The number of carbonyl (C=O) groups excluding carboxylic acids is 1. The molecule has 2 aromatic carbocycles. The van der Waals surface area contributed by atoms with E-state index in [4.69, 9.17) is 0 Å². The molecule has 2 aromatic rings. The van der Waals surface area contributed by atoms with Crippen molar-refractivity contribution >= 4 is 23.4 Å². The second kappa shape index (κ2) is 8.62. The average Bonchev–Trinajstić information content (AvgIpc) is 2.56. The molecule has 0 aliphatic heterocycles. The minimum atomic E-state index is -0.553. The van der Waals surface area contributed by atoms with Gasteiger partial charge in [-0.2, -0.15) is 0 Å². The Labute approximate surface area is 149 Å². The first-order valence-corrected chi connectivity index (χ1v) is 8.69. The number of halogens is 1. The van der Waals surface area contributed by atoms with Crippen LogP contribution >= 0.6 is 11.8 Å². The molecule has 0 aliphatic rings. The van der Waals surface area contributed by atoms with Crippen LogP contribution in [0, 0.1) is 21.8 Å². The molecular weight excluding hydrogens is 343 g/mol. The molecule has 0 heterocycles. The van der Waals surface area contributed by atoms with Crippen LogP contribution in [0.2, 0.25) is 0 Å². The zero-order valence-electron chi connectivity index (χ0n) is 14.0. The van der Waals surface area contributed by atoms with Crippen LogP contribution in [-0.4, -0.2) is 17.4 Å². The van der Waals surface area contributed by atoms with Crippen LogP contribution < -0.4 is 5.32 Å². The molecule has 25 heavy (non-hydrogen) atoms. The maximum absolute atomic E-state index is 13.9. The summed E-state index contributed by atoms with van der Waals surface area (Å²) in [6.45, 7) is 4.56. The smallest absolute Gasteiger partial charge is 0.270 e. The van der Waals surface area contributed by atoms with Gasteiger partial charge in [-0.05, 0) is 30.5 Å². The highest BCUT2D eigenvalue weighted by molar-refractivity contribution is 7.99. The van der Waals surface area contributed by atoms with Crippen LogP contribution in [0.4, 0.5) is 10.1 Å². The summed E-state index contributed by atoms with van der Waals surface area (Å²) >= 11 is 1.07.